The number of pyridine rings is 1. The van der Waals surface area contributed by atoms with Crippen LogP contribution in [0.1, 0.15) is 29.8 Å². The molecule has 2 aromatic rings. The summed E-state index contributed by atoms with van der Waals surface area (Å²) < 4.78 is 31.6. The summed E-state index contributed by atoms with van der Waals surface area (Å²) >= 11 is 0. The smallest absolute Gasteiger partial charge is 0.340 e. The van der Waals surface area contributed by atoms with E-state index in [4.69, 9.17) is 4.74 Å². The zero-order valence-corrected chi connectivity index (χ0v) is 16.8. The van der Waals surface area contributed by atoms with Gasteiger partial charge in [-0.2, -0.15) is 4.31 Å². The zero-order valence-electron chi connectivity index (χ0n) is 16.0. The molecule has 1 amide bonds. The predicted octanol–water partition coefficient (Wildman–Crippen LogP) is 2.22. The highest BCUT2D eigenvalue weighted by molar-refractivity contribution is 7.89. The number of sulfonamides is 1. The van der Waals surface area contributed by atoms with Crippen molar-refractivity contribution in [1.82, 2.24) is 9.29 Å². The van der Waals surface area contributed by atoms with Gasteiger partial charge in [0.05, 0.1) is 10.5 Å². The van der Waals surface area contributed by atoms with Crippen LogP contribution in [0.5, 0.6) is 0 Å². The van der Waals surface area contributed by atoms with E-state index >= 15 is 0 Å². The molecule has 0 saturated carbocycles. The second-order valence-corrected chi connectivity index (χ2v) is 7.87. The molecule has 9 heteroatoms. The van der Waals surface area contributed by atoms with Crippen molar-refractivity contribution in [1.29, 1.82) is 0 Å². The van der Waals surface area contributed by atoms with Gasteiger partial charge in [0.15, 0.2) is 6.61 Å². The molecule has 0 bridgehead atoms. The third-order valence-electron chi connectivity index (χ3n) is 4.06. The van der Waals surface area contributed by atoms with Crippen LogP contribution >= 0.6 is 0 Å². The SMILES string of the molecule is CCN(CC)S(=O)(=O)c1ccc(C)c(NC(=O)COC(=O)c2cccnc2)c1. The van der Waals surface area contributed by atoms with Gasteiger partial charge in [0, 0.05) is 31.2 Å². The van der Waals surface area contributed by atoms with Crippen molar-refractivity contribution < 1.29 is 22.7 Å². The summed E-state index contributed by atoms with van der Waals surface area (Å²) in [5.74, 6) is -1.24. The highest BCUT2D eigenvalue weighted by atomic mass is 32.2. The number of nitrogens with zero attached hydrogens (tertiary/aromatic N) is 2. The van der Waals surface area contributed by atoms with Gasteiger partial charge in [-0.15, -0.1) is 0 Å². The first-order valence-corrected chi connectivity index (χ1v) is 10.2. The lowest BCUT2D eigenvalue weighted by molar-refractivity contribution is -0.119. The van der Waals surface area contributed by atoms with E-state index < -0.39 is 28.5 Å². The lowest BCUT2D eigenvalue weighted by Gasteiger charge is -2.19. The third kappa shape index (κ3) is 5.14. The van der Waals surface area contributed by atoms with Crippen molar-refractivity contribution in [3.63, 3.8) is 0 Å². The molecule has 0 aliphatic rings. The van der Waals surface area contributed by atoms with E-state index in [1.807, 2.05) is 0 Å². The van der Waals surface area contributed by atoms with Gasteiger partial charge in [0.1, 0.15) is 0 Å². The number of carbonyl (C=O) groups excluding carboxylic acids is 2. The van der Waals surface area contributed by atoms with Gasteiger partial charge in [-0.3, -0.25) is 9.78 Å². The van der Waals surface area contributed by atoms with Crippen LogP contribution in [-0.4, -0.2) is 49.3 Å². The van der Waals surface area contributed by atoms with Crippen molar-refractivity contribution in [2.45, 2.75) is 25.7 Å². The molecule has 0 saturated heterocycles. The van der Waals surface area contributed by atoms with Crippen molar-refractivity contribution in [2.24, 2.45) is 0 Å². The Balaban J connectivity index is 2.09. The Morgan fingerprint density at radius 2 is 1.89 bits per heavy atom. The van der Waals surface area contributed by atoms with Crippen molar-refractivity contribution in [3.8, 4) is 0 Å². The zero-order chi connectivity index (χ0) is 20.7. The molecule has 1 aromatic carbocycles. The number of hydrogen-bond acceptors (Lipinski definition) is 6. The first kappa shape index (κ1) is 21.5. The fourth-order valence-electron chi connectivity index (χ4n) is 2.49. The molecule has 0 aliphatic carbocycles. The lowest BCUT2D eigenvalue weighted by Crippen LogP contribution is -2.30. The first-order chi connectivity index (χ1) is 13.3. The largest absolute Gasteiger partial charge is 0.452 e. The fourth-order valence-corrected chi connectivity index (χ4v) is 3.98. The van der Waals surface area contributed by atoms with Crippen LogP contribution in [0, 0.1) is 6.92 Å². The van der Waals surface area contributed by atoms with Crippen LogP contribution in [-0.2, 0) is 19.6 Å². The molecule has 1 aromatic heterocycles. The molecular formula is C19H23N3O5S. The third-order valence-corrected chi connectivity index (χ3v) is 6.10. The average Bonchev–Trinajstić information content (AvgIpc) is 2.69. The van der Waals surface area contributed by atoms with Gasteiger partial charge < -0.3 is 10.1 Å². The van der Waals surface area contributed by atoms with Crippen molar-refractivity contribution in [3.05, 3.63) is 53.9 Å². The molecule has 0 atom stereocenters. The van der Waals surface area contributed by atoms with E-state index in [0.717, 1.165) is 0 Å². The Labute approximate surface area is 164 Å². The molecule has 0 spiro atoms. The predicted molar refractivity (Wildman–Crippen MR) is 104 cm³/mol. The summed E-state index contributed by atoms with van der Waals surface area (Å²) in [6.07, 6.45) is 2.86. The van der Waals surface area contributed by atoms with Crippen LogP contribution in [0.2, 0.25) is 0 Å². The minimum absolute atomic E-state index is 0.0875. The summed E-state index contributed by atoms with van der Waals surface area (Å²) in [5.41, 5.74) is 1.26. The highest BCUT2D eigenvalue weighted by Gasteiger charge is 2.22. The van der Waals surface area contributed by atoms with Gasteiger partial charge in [0.2, 0.25) is 10.0 Å². The van der Waals surface area contributed by atoms with Crippen molar-refractivity contribution >= 4 is 27.6 Å². The molecule has 0 radical (unpaired) electrons. The number of aromatic nitrogens is 1. The fraction of sp³-hybridized carbons (Fsp3) is 0.316. The Morgan fingerprint density at radius 3 is 2.50 bits per heavy atom. The molecule has 0 aliphatic heterocycles. The summed E-state index contributed by atoms with van der Waals surface area (Å²) in [7, 11) is -3.65. The summed E-state index contributed by atoms with van der Waals surface area (Å²) in [6, 6.07) is 7.64. The molecular weight excluding hydrogens is 382 g/mol. The van der Waals surface area contributed by atoms with E-state index in [0.29, 0.717) is 24.3 Å². The first-order valence-electron chi connectivity index (χ1n) is 8.77. The Bertz CT molecular complexity index is 941. The molecule has 0 fully saturated rings. The highest BCUT2D eigenvalue weighted by Crippen LogP contribution is 2.23. The maximum atomic E-state index is 12.7. The molecule has 8 nitrogen and oxygen atoms in total. The number of anilines is 1. The molecule has 28 heavy (non-hydrogen) atoms. The molecule has 1 heterocycles. The van der Waals surface area contributed by atoms with Crippen LogP contribution < -0.4 is 5.32 Å². The average molecular weight is 405 g/mol. The second-order valence-electron chi connectivity index (χ2n) is 5.93. The molecule has 0 unspecified atom stereocenters. The number of hydrogen-bond donors (Lipinski definition) is 1. The van der Waals surface area contributed by atoms with Crippen LogP contribution in [0.15, 0.2) is 47.6 Å². The summed E-state index contributed by atoms with van der Waals surface area (Å²) in [6.45, 7) is 5.45. The Hall–Kier alpha value is -2.78. The quantitative estimate of drug-likeness (QED) is 0.675. The molecule has 1 N–H and O–H groups in total. The lowest BCUT2D eigenvalue weighted by atomic mass is 10.2. The summed E-state index contributed by atoms with van der Waals surface area (Å²) in [5, 5.41) is 2.59. The van der Waals surface area contributed by atoms with Gasteiger partial charge in [0.25, 0.3) is 5.91 Å². The number of amides is 1. The number of nitrogens with one attached hydrogen (secondary N) is 1. The number of ether oxygens (including phenoxy) is 1. The minimum atomic E-state index is -3.65. The normalized spacial score (nSPS) is 11.3. The molecule has 2 rings (SSSR count). The number of benzene rings is 1. The van der Waals surface area contributed by atoms with Crippen LogP contribution in [0.25, 0.3) is 0 Å². The number of rotatable bonds is 8. The standard InChI is InChI=1S/C19H23N3O5S/c1-4-22(5-2)28(25,26)16-9-8-14(3)17(11-16)21-18(23)13-27-19(24)15-7-6-10-20-12-15/h6-12H,4-5,13H2,1-3H3,(H,21,23). The maximum Gasteiger partial charge on any atom is 0.340 e. The van der Waals surface area contributed by atoms with Gasteiger partial charge in [-0.05, 0) is 36.8 Å². The number of esters is 1. The Morgan fingerprint density at radius 1 is 1.18 bits per heavy atom. The van der Waals surface area contributed by atoms with E-state index in [-0.39, 0.29) is 10.5 Å². The number of carbonyl (C=O) groups is 2. The van der Waals surface area contributed by atoms with E-state index in [2.05, 4.69) is 10.3 Å². The number of aryl methyl sites for hydroxylation is 1. The Kier molecular flexibility index (Phi) is 7.24. The summed E-state index contributed by atoms with van der Waals surface area (Å²) in [4.78, 5) is 27.9. The van der Waals surface area contributed by atoms with E-state index in [9.17, 15) is 18.0 Å². The van der Waals surface area contributed by atoms with Crippen LogP contribution in [0.3, 0.4) is 0 Å². The topological polar surface area (TPSA) is 106 Å². The van der Waals surface area contributed by atoms with E-state index in [1.165, 1.54) is 34.9 Å². The second kappa shape index (κ2) is 9.43. The van der Waals surface area contributed by atoms with Gasteiger partial charge >= 0.3 is 5.97 Å². The van der Waals surface area contributed by atoms with E-state index in [1.54, 1.807) is 32.9 Å². The van der Waals surface area contributed by atoms with Crippen molar-refractivity contribution in [2.75, 3.05) is 25.0 Å². The van der Waals surface area contributed by atoms with Gasteiger partial charge in [-0.1, -0.05) is 19.9 Å². The monoisotopic (exact) mass is 405 g/mol. The van der Waals surface area contributed by atoms with Crippen LogP contribution in [0.4, 0.5) is 5.69 Å². The molecule has 150 valence electrons. The maximum absolute atomic E-state index is 12.7. The minimum Gasteiger partial charge on any atom is -0.452 e. The van der Waals surface area contributed by atoms with Gasteiger partial charge in [-0.25, -0.2) is 13.2 Å².